The van der Waals surface area contributed by atoms with E-state index in [1.165, 1.54) is 25.9 Å². The second-order valence-electron chi connectivity index (χ2n) is 4.01. The van der Waals surface area contributed by atoms with E-state index < -0.39 is 0 Å². The highest BCUT2D eigenvalue weighted by Gasteiger charge is 2.25. The van der Waals surface area contributed by atoms with Crippen LogP contribution in [0.3, 0.4) is 0 Å². The van der Waals surface area contributed by atoms with E-state index in [1.54, 1.807) is 0 Å². The zero-order valence-electron chi connectivity index (χ0n) is 8.95. The molecule has 0 N–H and O–H groups in total. The Morgan fingerprint density at radius 1 is 1.21 bits per heavy atom. The molecule has 0 aromatic rings. The van der Waals surface area contributed by atoms with Crippen molar-refractivity contribution in [3.05, 3.63) is 0 Å². The van der Waals surface area contributed by atoms with Gasteiger partial charge in [0.15, 0.2) is 0 Å². The van der Waals surface area contributed by atoms with Crippen LogP contribution in [0, 0.1) is 0 Å². The molecule has 3 nitrogen and oxygen atoms in total. The minimum atomic E-state index is 0.778. The number of hydrogen-bond donors (Lipinski definition) is 0. The van der Waals surface area contributed by atoms with E-state index in [-0.39, 0.29) is 0 Å². The molecule has 0 saturated carbocycles. The maximum Gasteiger partial charge on any atom is 0.0594 e. The first kappa shape index (κ1) is 10.7. The number of morpholine rings is 1. The molecule has 0 bridgehead atoms. The van der Waals surface area contributed by atoms with E-state index >= 15 is 0 Å². The van der Waals surface area contributed by atoms with Crippen molar-refractivity contribution in [3.8, 4) is 0 Å². The molecule has 0 aromatic heterocycles. The Morgan fingerprint density at radius 2 is 2.00 bits per heavy atom. The van der Waals surface area contributed by atoms with Gasteiger partial charge in [-0.25, -0.2) is 4.31 Å². The number of nitrogens with zero attached hydrogens (tertiary/aromatic N) is 2. The van der Waals surface area contributed by atoms with Crippen LogP contribution in [0.25, 0.3) is 0 Å². The highest BCUT2D eigenvalue weighted by Crippen LogP contribution is 2.20. The Labute approximate surface area is 90.9 Å². The topological polar surface area (TPSA) is 15.7 Å². The maximum absolute atomic E-state index is 5.38. The van der Waals surface area contributed by atoms with E-state index in [0.717, 1.165) is 32.3 Å². The molecule has 4 heteroatoms. The van der Waals surface area contributed by atoms with E-state index in [9.17, 15) is 0 Å². The molecule has 0 unspecified atom stereocenters. The first-order valence-electron chi connectivity index (χ1n) is 5.51. The zero-order valence-corrected chi connectivity index (χ0v) is 9.76. The van der Waals surface area contributed by atoms with Crippen LogP contribution in [-0.2, 0) is 4.74 Å². The fourth-order valence-corrected chi connectivity index (χ4v) is 2.96. The lowest BCUT2D eigenvalue weighted by Gasteiger charge is -2.40. The van der Waals surface area contributed by atoms with Gasteiger partial charge in [0.2, 0.25) is 0 Å². The Hall–Kier alpha value is 0.230. The van der Waals surface area contributed by atoms with Crippen molar-refractivity contribution >= 4 is 11.9 Å². The predicted molar refractivity (Wildman–Crippen MR) is 60.5 cm³/mol. The fourth-order valence-electron chi connectivity index (χ4n) is 2.33. The van der Waals surface area contributed by atoms with E-state index in [0.29, 0.717) is 0 Å². The van der Waals surface area contributed by atoms with Gasteiger partial charge >= 0.3 is 0 Å². The van der Waals surface area contributed by atoms with Gasteiger partial charge in [0.25, 0.3) is 0 Å². The van der Waals surface area contributed by atoms with E-state index in [1.807, 2.05) is 11.9 Å². The Morgan fingerprint density at radius 3 is 2.71 bits per heavy atom. The third-order valence-corrected chi connectivity index (χ3v) is 4.03. The van der Waals surface area contributed by atoms with Crippen molar-refractivity contribution in [2.75, 3.05) is 45.6 Å². The van der Waals surface area contributed by atoms with Crippen LogP contribution < -0.4 is 0 Å². The summed E-state index contributed by atoms with van der Waals surface area (Å²) in [5, 5.41) is 0. The summed E-state index contributed by atoms with van der Waals surface area (Å²) in [7, 11) is 0. The molecule has 0 amide bonds. The molecule has 0 aliphatic carbocycles. The average molecular weight is 216 g/mol. The number of ether oxygens (including phenoxy) is 1. The lowest BCUT2D eigenvalue weighted by atomic mass is 10.1. The van der Waals surface area contributed by atoms with Crippen LogP contribution in [-0.4, -0.2) is 60.9 Å². The molecule has 0 radical (unpaired) electrons. The summed E-state index contributed by atoms with van der Waals surface area (Å²) in [6.45, 7) is 6.62. The molecule has 0 aromatic carbocycles. The highest BCUT2D eigenvalue weighted by atomic mass is 32.2. The summed E-state index contributed by atoms with van der Waals surface area (Å²) in [4.78, 5) is 2.60. The smallest absolute Gasteiger partial charge is 0.0594 e. The number of hydrogen-bond acceptors (Lipinski definition) is 4. The SMILES string of the molecule is CSN1CCC[C@@H](N2CCOCC2)C1. The summed E-state index contributed by atoms with van der Waals surface area (Å²) in [6.07, 6.45) is 4.90. The molecule has 2 rings (SSSR count). The van der Waals surface area contributed by atoms with Gasteiger partial charge < -0.3 is 4.74 Å². The molecule has 2 aliphatic rings. The van der Waals surface area contributed by atoms with Gasteiger partial charge in [-0.1, -0.05) is 11.9 Å². The molecule has 2 saturated heterocycles. The molecule has 82 valence electrons. The average Bonchev–Trinajstić information content (AvgIpc) is 2.30. The Balaban J connectivity index is 1.83. The van der Waals surface area contributed by atoms with Gasteiger partial charge in [-0.2, -0.15) is 0 Å². The van der Waals surface area contributed by atoms with E-state index in [4.69, 9.17) is 4.74 Å². The molecule has 2 heterocycles. The molecule has 2 fully saturated rings. The van der Waals surface area contributed by atoms with Crippen molar-refractivity contribution in [3.63, 3.8) is 0 Å². The van der Waals surface area contributed by atoms with Crippen LogP contribution in [0.4, 0.5) is 0 Å². The van der Waals surface area contributed by atoms with Crippen molar-refractivity contribution in [2.24, 2.45) is 0 Å². The minimum Gasteiger partial charge on any atom is -0.379 e. The lowest BCUT2D eigenvalue weighted by Crippen LogP contribution is -2.50. The third kappa shape index (κ3) is 2.63. The second kappa shape index (κ2) is 5.35. The number of rotatable bonds is 2. The standard InChI is InChI=1S/C10H20N2OS/c1-14-12-4-2-3-10(9-12)11-5-7-13-8-6-11/h10H,2-9H2,1H3/t10-/m1/s1. The molecular weight excluding hydrogens is 196 g/mol. The summed E-state index contributed by atoms with van der Waals surface area (Å²) in [6, 6.07) is 0.778. The first-order chi connectivity index (χ1) is 6.90. The zero-order chi connectivity index (χ0) is 9.80. The van der Waals surface area contributed by atoms with Crippen LogP contribution in [0.2, 0.25) is 0 Å². The summed E-state index contributed by atoms with van der Waals surface area (Å²) in [5.41, 5.74) is 0. The normalized spacial score (nSPS) is 31.9. The monoisotopic (exact) mass is 216 g/mol. The van der Waals surface area contributed by atoms with Crippen molar-refractivity contribution < 1.29 is 4.74 Å². The summed E-state index contributed by atoms with van der Waals surface area (Å²) >= 11 is 1.89. The van der Waals surface area contributed by atoms with Crippen LogP contribution >= 0.6 is 11.9 Å². The fraction of sp³-hybridized carbons (Fsp3) is 1.00. The molecule has 0 spiro atoms. The van der Waals surface area contributed by atoms with Crippen molar-refractivity contribution in [1.29, 1.82) is 0 Å². The van der Waals surface area contributed by atoms with Gasteiger partial charge in [0.05, 0.1) is 13.2 Å². The molecular formula is C10H20N2OS. The quantitative estimate of drug-likeness (QED) is 0.641. The number of piperidine rings is 1. The van der Waals surface area contributed by atoms with Gasteiger partial charge in [-0.3, -0.25) is 4.90 Å². The predicted octanol–water partition coefficient (Wildman–Crippen LogP) is 1.06. The Kier molecular flexibility index (Phi) is 4.10. The van der Waals surface area contributed by atoms with Gasteiger partial charge in [0, 0.05) is 32.2 Å². The summed E-state index contributed by atoms with van der Waals surface area (Å²) in [5.74, 6) is 0. The second-order valence-corrected chi connectivity index (χ2v) is 4.90. The molecule has 2 aliphatic heterocycles. The minimum absolute atomic E-state index is 0.778. The molecule has 14 heavy (non-hydrogen) atoms. The van der Waals surface area contributed by atoms with Crippen LogP contribution in [0.15, 0.2) is 0 Å². The van der Waals surface area contributed by atoms with Gasteiger partial charge in [0.1, 0.15) is 0 Å². The van der Waals surface area contributed by atoms with Crippen molar-refractivity contribution in [2.45, 2.75) is 18.9 Å². The summed E-state index contributed by atoms with van der Waals surface area (Å²) < 4.78 is 7.87. The first-order valence-corrected chi connectivity index (χ1v) is 6.69. The lowest BCUT2D eigenvalue weighted by molar-refractivity contribution is 0.00612. The van der Waals surface area contributed by atoms with Gasteiger partial charge in [-0.05, 0) is 19.1 Å². The van der Waals surface area contributed by atoms with Crippen LogP contribution in [0.1, 0.15) is 12.8 Å². The van der Waals surface area contributed by atoms with E-state index in [2.05, 4.69) is 15.5 Å². The Bertz CT molecular complexity index is 174. The highest BCUT2D eigenvalue weighted by molar-refractivity contribution is 7.96. The largest absolute Gasteiger partial charge is 0.379 e. The maximum atomic E-state index is 5.38. The van der Waals surface area contributed by atoms with Crippen molar-refractivity contribution in [1.82, 2.24) is 9.21 Å². The van der Waals surface area contributed by atoms with Gasteiger partial charge in [-0.15, -0.1) is 0 Å². The van der Waals surface area contributed by atoms with Crippen LogP contribution in [0.5, 0.6) is 0 Å². The molecule has 1 atom stereocenters. The third-order valence-electron chi connectivity index (χ3n) is 3.18.